The number of hydrogen-bond donors (Lipinski definition) is 3. The van der Waals surface area contributed by atoms with Crippen molar-refractivity contribution < 1.29 is 9.59 Å². The second-order valence-electron chi connectivity index (χ2n) is 6.80. The number of amides is 2. The number of rotatable bonds is 7. The number of hydrogen-bond acceptors (Lipinski definition) is 4. The van der Waals surface area contributed by atoms with E-state index in [0.29, 0.717) is 5.56 Å². The van der Waals surface area contributed by atoms with E-state index in [0.717, 1.165) is 63.8 Å². The third-order valence-electron chi connectivity index (χ3n) is 4.88. The van der Waals surface area contributed by atoms with Gasteiger partial charge in [-0.1, -0.05) is 12.1 Å². The zero-order valence-corrected chi connectivity index (χ0v) is 17.1. The maximum absolute atomic E-state index is 11.7. The minimum absolute atomic E-state index is 0.0728. The highest BCUT2D eigenvalue weighted by molar-refractivity contribution is 5.94. The second kappa shape index (κ2) is 11.3. The summed E-state index contributed by atoms with van der Waals surface area (Å²) in [5.74, 6) is 0.851. The van der Waals surface area contributed by atoms with E-state index >= 15 is 0 Å². The maximum Gasteiger partial charge on any atom is 0.251 e. The first-order valence-electron chi connectivity index (χ1n) is 9.77. The van der Waals surface area contributed by atoms with Crippen molar-refractivity contribution in [1.29, 1.82) is 0 Å². The first kappa shape index (κ1) is 21.7. The average molecular weight is 389 g/mol. The average Bonchev–Trinajstić information content (AvgIpc) is 2.72. The highest BCUT2D eigenvalue weighted by Crippen LogP contribution is 2.05. The van der Waals surface area contributed by atoms with Gasteiger partial charge in [0.1, 0.15) is 0 Å². The van der Waals surface area contributed by atoms with Crippen molar-refractivity contribution in [3.05, 3.63) is 35.4 Å². The second-order valence-corrected chi connectivity index (χ2v) is 6.80. The van der Waals surface area contributed by atoms with E-state index in [2.05, 4.69) is 25.8 Å². The standard InChI is InChI=1S/C20H32N6O2/c1-16(27)26-13-11-25(12-14-26)10-9-24-20(22-3)23-8-7-17-5-4-6-18(15-17)19(28)21-2/h4-6,15H,7-14H2,1-3H3,(H,21,28)(H2,22,23,24). The zero-order chi connectivity index (χ0) is 20.4. The quantitative estimate of drug-likeness (QED) is 0.449. The molecule has 2 rings (SSSR count). The molecule has 154 valence electrons. The number of piperazine rings is 1. The van der Waals surface area contributed by atoms with Crippen LogP contribution in [0.25, 0.3) is 0 Å². The Morgan fingerprint density at radius 3 is 2.46 bits per heavy atom. The molecule has 1 aromatic carbocycles. The van der Waals surface area contributed by atoms with Crippen LogP contribution in [0, 0.1) is 0 Å². The molecule has 3 N–H and O–H groups in total. The predicted molar refractivity (Wildman–Crippen MR) is 112 cm³/mol. The molecule has 1 aliphatic rings. The van der Waals surface area contributed by atoms with Gasteiger partial charge in [0.25, 0.3) is 5.91 Å². The van der Waals surface area contributed by atoms with Gasteiger partial charge in [0.15, 0.2) is 5.96 Å². The van der Waals surface area contributed by atoms with Crippen LogP contribution < -0.4 is 16.0 Å². The van der Waals surface area contributed by atoms with Crippen molar-refractivity contribution >= 4 is 17.8 Å². The molecule has 0 radical (unpaired) electrons. The predicted octanol–water partition coefficient (Wildman–Crippen LogP) is -0.0822. The van der Waals surface area contributed by atoms with Gasteiger partial charge in [-0.3, -0.25) is 19.5 Å². The molecular formula is C20H32N6O2. The molecule has 0 saturated carbocycles. The summed E-state index contributed by atoms with van der Waals surface area (Å²) in [5, 5.41) is 9.28. The minimum Gasteiger partial charge on any atom is -0.356 e. The number of carbonyl (C=O) groups excluding carboxylic acids is 2. The molecule has 1 fully saturated rings. The summed E-state index contributed by atoms with van der Waals surface area (Å²) in [7, 11) is 3.39. The lowest BCUT2D eigenvalue weighted by molar-refractivity contribution is -0.130. The molecule has 2 amide bonds. The van der Waals surface area contributed by atoms with Gasteiger partial charge >= 0.3 is 0 Å². The Morgan fingerprint density at radius 1 is 1.11 bits per heavy atom. The van der Waals surface area contributed by atoms with E-state index in [-0.39, 0.29) is 11.8 Å². The van der Waals surface area contributed by atoms with Crippen molar-refractivity contribution in [3.63, 3.8) is 0 Å². The fourth-order valence-electron chi connectivity index (χ4n) is 3.18. The lowest BCUT2D eigenvalue weighted by Gasteiger charge is -2.34. The van der Waals surface area contributed by atoms with Crippen molar-refractivity contribution in [3.8, 4) is 0 Å². The molecule has 0 aliphatic carbocycles. The number of aliphatic imine (C=N–C) groups is 1. The summed E-state index contributed by atoms with van der Waals surface area (Å²) in [5.41, 5.74) is 1.78. The van der Waals surface area contributed by atoms with Crippen LogP contribution in [0.2, 0.25) is 0 Å². The van der Waals surface area contributed by atoms with E-state index in [1.54, 1.807) is 21.0 Å². The molecule has 0 bridgehead atoms. The van der Waals surface area contributed by atoms with Crippen LogP contribution in [0.15, 0.2) is 29.3 Å². The van der Waals surface area contributed by atoms with Gasteiger partial charge in [0, 0.05) is 72.4 Å². The van der Waals surface area contributed by atoms with Gasteiger partial charge in [-0.2, -0.15) is 0 Å². The summed E-state index contributed by atoms with van der Waals surface area (Å²) in [4.78, 5) is 31.6. The molecule has 8 heteroatoms. The SMILES string of the molecule is CN=C(NCCc1cccc(C(=O)NC)c1)NCCN1CCN(C(C)=O)CC1. The summed E-state index contributed by atoms with van der Waals surface area (Å²) in [6.07, 6.45) is 0.804. The van der Waals surface area contributed by atoms with E-state index in [4.69, 9.17) is 0 Å². The molecule has 0 spiro atoms. The number of nitrogens with zero attached hydrogens (tertiary/aromatic N) is 3. The van der Waals surface area contributed by atoms with Gasteiger partial charge in [-0.05, 0) is 24.1 Å². The molecule has 8 nitrogen and oxygen atoms in total. The lowest BCUT2D eigenvalue weighted by Crippen LogP contribution is -2.50. The number of guanidine groups is 1. The first-order valence-corrected chi connectivity index (χ1v) is 9.77. The third kappa shape index (κ3) is 6.84. The monoisotopic (exact) mass is 388 g/mol. The third-order valence-corrected chi connectivity index (χ3v) is 4.88. The molecular weight excluding hydrogens is 356 g/mol. The molecule has 0 atom stereocenters. The topological polar surface area (TPSA) is 89.1 Å². The number of carbonyl (C=O) groups is 2. The van der Waals surface area contributed by atoms with Gasteiger partial charge in [0.05, 0.1) is 0 Å². The Morgan fingerprint density at radius 2 is 1.82 bits per heavy atom. The van der Waals surface area contributed by atoms with Crippen molar-refractivity contribution in [2.75, 3.05) is 59.9 Å². The van der Waals surface area contributed by atoms with Crippen LogP contribution in [-0.4, -0.2) is 87.5 Å². The van der Waals surface area contributed by atoms with Gasteiger partial charge in [-0.15, -0.1) is 0 Å². The zero-order valence-electron chi connectivity index (χ0n) is 17.1. The minimum atomic E-state index is -0.0728. The molecule has 28 heavy (non-hydrogen) atoms. The molecule has 1 aromatic rings. The number of benzene rings is 1. The molecule has 1 aliphatic heterocycles. The largest absolute Gasteiger partial charge is 0.356 e. The fraction of sp³-hybridized carbons (Fsp3) is 0.550. The molecule has 0 aromatic heterocycles. The van der Waals surface area contributed by atoms with E-state index in [9.17, 15) is 9.59 Å². The maximum atomic E-state index is 11.7. The molecule has 1 heterocycles. The van der Waals surface area contributed by atoms with Crippen molar-refractivity contribution in [2.45, 2.75) is 13.3 Å². The van der Waals surface area contributed by atoms with E-state index in [1.165, 1.54) is 0 Å². The van der Waals surface area contributed by atoms with E-state index < -0.39 is 0 Å². The fourth-order valence-corrected chi connectivity index (χ4v) is 3.18. The Hall–Kier alpha value is -2.61. The van der Waals surface area contributed by atoms with Crippen LogP contribution in [0.1, 0.15) is 22.8 Å². The van der Waals surface area contributed by atoms with Crippen LogP contribution in [0.4, 0.5) is 0 Å². The van der Waals surface area contributed by atoms with Crippen LogP contribution in [0.5, 0.6) is 0 Å². The normalized spacial score (nSPS) is 15.2. The Labute approximate surface area is 167 Å². The van der Waals surface area contributed by atoms with Crippen molar-refractivity contribution in [2.24, 2.45) is 4.99 Å². The Bertz CT molecular complexity index is 683. The Balaban J connectivity index is 1.67. The van der Waals surface area contributed by atoms with Crippen molar-refractivity contribution in [1.82, 2.24) is 25.8 Å². The molecule has 0 unspecified atom stereocenters. The summed E-state index contributed by atoms with van der Waals surface area (Å²) in [6, 6.07) is 7.65. The van der Waals surface area contributed by atoms with Crippen LogP contribution in [0.3, 0.4) is 0 Å². The van der Waals surface area contributed by atoms with Crippen LogP contribution >= 0.6 is 0 Å². The van der Waals surface area contributed by atoms with Gasteiger partial charge < -0.3 is 20.9 Å². The summed E-state index contributed by atoms with van der Waals surface area (Å²) in [6.45, 7) is 7.50. The summed E-state index contributed by atoms with van der Waals surface area (Å²) >= 11 is 0. The first-order chi connectivity index (χ1) is 13.5. The Kier molecular flexibility index (Phi) is 8.74. The smallest absolute Gasteiger partial charge is 0.251 e. The molecule has 1 saturated heterocycles. The highest BCUT2D eigenvalue weighted by Gasteiger charge is 2.17. The van der Waals surface area contributed by atoms with Gasteiger partial charge in [-0.25, -0.2) is 0 Å². The highest BCUT2D eigenvalue weighted by atomic mass is 16.2. The van der Waals surface area contributed by atoms with Gasteiger partial charge in [0.2, 0.25) is 5.91 Å². The van der Waals surface area contributed by atoms with Crippen LogP contribution in [-0.2, 0) is 11.2 Å². The lowest BCUT2D eigenvalue weighted by atomic mass is 10.1. The number of nitrogens with one attached hydrogen (secondary N) is 3. The van der Waals surface area contributed by atoms with E-state index in [1.807, 2.05) is 29.2 Å². The summed E-state index contributed by atoms with van der Waals surface area (Å²) < 4.78 is 0.